The van der Waals surface area contributed by atoms with Crippen LogP contribution in [0.2, 0.25) is 0 Å². The highest BCUT2D eigenvalue weighted by atomic mass is 16.5. The quantitative estimate of drug-likeness (QED) is 0.779. The summed E-state index contributed by atoms with van der Waals surface area (Å²) in [6, 6.07) is 18.5. The van der Waals surface area contributed by atoms with Crippen LogP contribution in [0, 0.1) is 0 Å². The molecule has 1 N–H and O–H groups in total. The van der Waals surface area contributed by atoms with E-state index in [-0.39, 0.29) is 24.0 Å². The predicted molar refractivity (Wildman–Crippen MR) is 120 cm³/mol. The molecule has 0 saturated carbocycles. The van der Waals surface area contributed by atoms with Crippen LogP contribution in [0.15, 0.2) is 54.6 Å². The number of benzene rings is 2. The molecule has 0 bridgehead atoms. The van der Waals surface area contributed by atoms with E-state index in [1.807, 2.05) is 30.0 Å². The molecule has 2 fully saturated rings. The SMILES string of the molecule is C[C@@H](NC(=O)CN1CCN(C(=O)[C@H]2CCCO2)CC1)c1ccc(-c2ccccc2)cc1. The van der Waals surface area contributed by atoms with Gasteiger partial charge in [0.15, 0.2) is 0 Å². The van der Waals surface area contributed by atoms with Crippen LogP contribution in [0.3, 0.4) is 0 Å². The lowest BCUT2D eigenvalue weighted by Crippen LogP contribution is -2.53. The number of piperazine rings is 1. The number of hydrogen-bond acceptors (Lipinski definition) is 4. The number of nitrogens with one attached hydrogen (secondary N) is 1. The molecule has 0 unspecified atom stereocenters. The number of carbonyl (C=O) groups is 2. The maximum atomic E-state index is 12.6. The van der Waals surface area contributed by atoms with Gasteiger partial charge in [-0.05, 0) is 36.5 Å². The van der Waals surface area contributed by atoms with Gasteiger partial charge in [-0.25, -0.2) is 0 Å². The molecule has 0 aliphatic carbocycles. The molecule has 6 nitrogen and oxygen atoms in total. The minimum atomic E-state index is -0.260. The van der Waals surface area contributed by atoms with Gasteiger partial charge in [0.1, 0.15) is 6.10 Å². The lowest BCUT2D eigenvalue weighted by molar-refractivity contribution is -0.142. The minimum absolute atomic E-state index is 0.0125. The zero-order chi connectivity index (χ0) is 21.6. The maximum absolute atomic E-state index is 12.6. The van der Waals surface area contributed by atoms with E-state index in [0.29, 0.717) is 39.3 Å². The molecule has 31 heavy (non-hydrogen) atoms. The summed E-state index contributed by atoms with van der Waals surface area (Å²) in [7, 11) is 0. The first kappa shape index (κ1) is 21.5. The van der Waals surface area contributed by atoms with Crippen molar-refractivity contribution in [1.29, 1.82) is 0 Å². The summed E-state index contributed by atoms with van der Waals surface area (Å²) in [5.41, 5.74) is 3.43. The fraction of sp³-hybridized carbons (Fsp3) is 0.440. The summed E-state index contributed by atoms with van der Waals surface area (Å²) in [6.45, 7) is 5.79. The molecule has 2 atom stereocenters. The summed E-state index contributed by atoms with van der Waals surface area (Å²) in [6.07, 6.45) is 1.53. The van der Waals surface area contributed by atoms with E-state index in [0.717, 1.165) is 18.4 Å². The zero-order valence-corrected chi connectivity index (χ0v) is 18.1. The van der Waals surface area contributed by atoms with Gasteiger partial charge in [-0.2, -0.15) is 0 Å². The minimum Gasteiger partial charge on any atom is -0.368 e. The Morgan fingerprint density at radius 2 is 1.68 bits per heavy atom. The number of rotatable bonds is 6. The van der Waals surface area contributed by atoms with Crippen LogP contribution >= 0.6 is 0 Å². The van der Waals surface area contributed by atoms with E-state index < -0.39 is 0 Å². The first-order valence-corrected chi connectivity index (χ1v) is 11.2. The third kappa shape index (κ3) is 5.51. The Morgan fingerprint density at radius 1 is 1.00 bits per heavy atom. The molecule has 2 aliphatic rings. The second kappa shape index (κ2) is 10.1. The Labute approximate surface area is 184 Å². The van der Waals surface area contributed by atoms with Gasteiger partial charge in [-0.1, -0.05) is 54.6 Å². The molecule has 0 radical (unpaired) electrons. The van der Waals surface area contributed by atoms with E-state index in [2.05, 4.69) is 46.6 Å². The molecule has 6 heteroatoms. The number of carbonyl (C=O) groups excluding carboxylic acids is 2. The highest BCUT2D eigenvalue weighted by molar-refractivity contribution is 5.81. The van der Waals surface area contributed by atoms with Crippen molar-refractivity contribution in [2.24, 2.45) is 0 Å². The average molecular weight is 422 g/mol. The van der Waals surface area contributed by atoms with E-state index in [1.165, 1.54) is 11.1 Å². The van der Waals surface area contributed by atoms with Gasteiger partial charge in [0, 0.05) is 32.8 Å². The topological polar surface area (TPSA) is 61.9 Å². The summed E-state index contributed by atoms with van der Waals surface area (Å²) < 4.78 is 5.51. The van der Waals surface area contributed by atoms with Gasteiger partial charge in [0.2, 0.25) is 5.91 Å². The van der Waals surface area contributed by atoms with E-state index in [9.17, 15) is 9.59 Å². The fourth-order valence-corrected chi connectivity index (χ4v) is 4.27. The van der Waals surface area contributed by atoms with Crippen LogP contribution in [-0.4, -0.2) is 67.0 Å². The van der Waals surface area contributed by atoms with Crippen molar-refractivity contribution in [2.75, 3.05) is 39.3 Å². The molecule has 2 heterocycles. The van der Waals surface area contributed by atoms with Crippen molar-refractivity contribution in [3.63, 3.8) is 0 Å². The summed E-state index contributed by atoms with van der Waals surface area (Å²) in [5, 5.41) is 3.10. The largest absolute Gasteiger partial charge is 0.368 e. The van der Waals surface area contributed by atoms with Gasteiger partial charge >= 0.3 is 0 Å². The molecule has 2 amide bonds. The first-order valence-electron chi connectivity index (χ1n) is 11.2. The second-order valence-corrected chi connectivity index (χ2v) is 8.38. The van der Waals surface area contributed by atoms with E-state index in [1.54, 1.807) is 0 Å². The summed E-state index contributed by atoms with van der Waals surface area (Å²) in [5.74, 6) is 0.118. The molecule has 2 aromatic rings. The molecule has 164 valence electrons. The number of nitrogens with zero attached hydrogens (tertiary/aromatic N) is 2. The number of ether oxygens (including phenoxy) is 1. The number of hydrogen-bond donors (Lipinski definition) is 1. The highest BCUT2D eigenvalue weighted by Gasteiger charge is 2.30. The van der Waals surface area contributed by atoms with Gasteiger partial charge in [0.05, 0.1) is 12.6 Å². The average Bonchev–Trinajstić information content (AvgIpc) is 3.35. The predicted octanol–water partition coefficient (Wildman–Crippen LogP) is 2.85. The molecule has 2 aliphatic heterocycles. The zero-order valence-electron chi connectivity index (χ0n) is 18.1. The molecular weight excluding hydrogens is 390 g/mol. The third-order valence-corrected chi connectivity index (χ3v) is 6.15. The summed E-state index contributed by atoms with van der Waals surface area (Å²) >= 11 is 0. The Balaban J connectivity index is 1.23. The van der Waals surface area contributed by atoms with Gasteiger partial charge in [-0.15, -0.1) is 0 Å². The van der Waals surface area contributed by atoms with Crippen LogP contribution in [0.4, 0.5) is 0 Å². The van der Waals surface area contributed by atoms with Crippen molar-refractivity contribution >= 4 is 11.8 Å². The molecular formula is C25H31N3O3. The van der Waals surface area contributed by atoms with Crippen molar-refractivity contribution in [2.45, 2.75) is 31.9 Å². The van der Waals surface area contributed by atoms with Gasteiger partial charge in [0.25, 0.3) is 5.91 Å². The molecule has 0 aromatic heterocycles. The van der Waals surface area contributed by atoms with Crippen LogP contribution < -0.4 is 5.32 Å². The van der Waals surface area contributed by atoms with Gasteiger partial charge in [-0.3, -0.25) is 14.5 Å². The Bertz CT molecular complexity index is 871. The van der Waals surface area contributed by atoms with Crippen molar-refractivity contribution in [1.82, 2.24) is 15.1 Å². The van der Waals surface area contributed by atoms with E-state index in [4.69, 9.17) is 4.74 Å². The molecule has 2 saturated heterocycles. The second-order valence-electron chi connectivity index (χ2n) is 8.38. The third-order valence-electron chi connectivity index (χ3n) is 6.15. The fourth-order valence-electron chi connectivity index (χ4n) is 4.27. The Kier molecular flexibility index (Phi) is 6.99. The van der Waals surface area contributed by atoms with Crippen LogP contribution in [-0.2, 0) is 14.3 Å². The van der Waals surface area contributed by atoms with Crippen molar-refractivity contribution in [3.05, 3.63) is 60.2 Å². The summed E-state index contributed by atoms with van der Waals surface area (Å²) in [4.78, 5) is 29.0. The smallest absolute Gasteiger partial charge is 0.251 e. The Hall–Kier alpha value is -2.70. The molecule has 4 rings (SSSR count). The molecule has 0 spiro atoms. The van der Waals surface area contributed by atoms with Crippen LogP contribution in [0.5, 0.6) is 0 Å². The van der Waals surface area contributed by atoms with Crippen molar-refractivity contribution in [3.8, 4) is 11.1 Å². The lowest BCUT2D eigenvalue weighted by Gasteiger charge is -2.35. The monoisotopic (exact) mass is 421 g/mol. The van der Waals surface area contributed by atoms with Crippen molar-refractivity contribution < 1.29 is 14.3 Å². The van der Waals surface area contributed by atoms with E-state index >= 15 is 0 Å². The lowest BCUT2D eigenvalue weighted by atomic mass is 10.0. The van der Waals surface area contributed by atoms with Crippen LogP contribution in [0.1, 0.15) is 31.4 Å². The number of amides is 2. The first-order chi connectivity index (χ1) is 15.1. The van der Waals surface area contributed by atoms with Crippen LogP contribution in [0.25, 0.3) is 11.1 Å². The maximum Gasteiger partial charge on any atom is 0.251 e. The molecule has 2 aromatic carbocycles. The Morgan fingerprint density at radius 3 is 2.32 bits per heavy atom. The normalized spacial score (nSPS) is 20.4. The van der Waals surface area contributed by atoms with Gasteiger partial charge < -0.3 is 15.0 Å². The standard InChI is InChI=1S/C25H31N3O3/c1-19(20-9-11-22(12-10-20)21-6-3-2-4-7-21)26-24(29)18-27-13-15-28(16-14-27)25(30)23-8-5-17-31-23/h2-4,6-7,9-12,19,23H,5,8,13-18H2,1H3,(H,26,29)/t19-,23-/m1/s1. The highest BCUT2D eigenvalue weighted by Crippen LogP contribution is 2.22.